The zero-order chi connectivity index (χ0) is 13.1. The molecular formula is C10H11F3N2O2. The van der Waals surface area contributed by atoms with Crippen LogP contribution in [0.25, 0.3) is 0 Å². The van der Waals surface area contributed by atoms with Crippen molar-refractivity contribution < 1.29 is 23.1 Å². The lowest BCUT2D eigenvalue weighted by molar-refractivity contribution is -0.137. The number of nitrogens with two attached hydrogens (primary N) is 1. The van der Waals surface area contributed by atoms with Crippen LogP contribution in [0.4, 0.5) is 18.9 Å². The molecule has 0 radical (unpaired) electrons. The third-order valence-corrected chi connectivity index (χ3v) is 2.02. The molecule has 0 saturated carbocycles. The lowest BCUT2D eigenvalue weighted by atomic mass is 10.1. The lowest BCUT2D eigenvalue weighted by Crippen LogP contribution is -2.34. The molecule has 1 atom stereocenters. The average Bonchev–Trinajstić information content (AvgIpc) is 2.27. The molecule has 0 bridgehead atoms. The molecule has 0 heterocycles. The summed E-state index contributed by atoms with van der Waals surface area (Å²) < 4.78 is 37.6. The van der Waals surface area contributed by atoms with Crippen LogP contribution in [0.2, 0.25) is 0 Å². The summed E-state index contributed by atoms with van der Waals surface area (Å²) in [6.45, 7) is -0.361. The Labute approximate surface area is 95.2 Å². The van der Waals surface area contributed by atoms with Gasteiger partial charge in [0.15, 0.2) is 0 Å². The molecule has 0 aliphatic carbocycles. The number of benzene rings is 1. The largest absolute Gasteiger partial charge is 0.418 e. The van der Waals surface area contributed by atoms with Crippen molar-refractivity contribution in [2.75, 3.05) is 11.9 Å². The van der Waals surface area contributed by atoms with E-state index in [9.17, 15) is 18.0 Å². The smallest absolute Gasteiger partial charge is 0.382 e. The Bertz CT molecular complexity index is 407. The van der Waals surface area contributed by atoms with Crippen molar-refractivity contribution in [3.8, 4) is 0 Å². The van der Waals surface area contributed by atoms with Gasteiger partial charge in [-0.25, -0.2) is 0 Å². The first-order valence-electron chi connectivity index (χ1n) is 4.71. The third kappa shape index (κ3) is 3.43. The molecule has 0 aromatic heterocycles. The Morgan fingerprint density at radius 1 is 1.41 bits per heavy atom. The number of halogens is 3. The molecule has 1 aromatic carbocycles. The van der Waals surface area contributed by atoms with E-state index >= 15 is 0 Å². The number of para-hydroxylation sites is 1. The molecule has 0 fully saturated rings. The molecule has 0 saturated heterocycles. The van der Waals surface area contributed by atoms with Crippen LogP contribution in [0.5, 0.6) is 0 Å². The van der Waals surface area contributed by atoms with Gasteiger partial charge in [-0.05, 0) is 12.1 Å². The first-order valence-corrected chi connectivity index (χ1v) is 4.71. The van der Waals surface area contributed by atoms with Crippen molar-refractivity contribution >= 4 is 11.6 Å². The molecule has 1 rings (SSSR count). The van der Waals surface area contributed by atoms with Gasteiger partial charge in [0.25, 0.3) is 5.91 Å². The molecule has 4 nitrogen and oxygen atoms in total. The number of hydrogen-bond donors (Lipinski definition) is 3. The number of hydrogen-bond acceptors (Lipinski definition) is 3. The number of rotatable bonds is 3. The van der Waals surface area contributed by atoms with E-state index in [2.05, 4.69) is 0 Å². The lowest BCUT2D eigenvalue weighted by Gasteiger charge is -2.14. The monoisotopic (exact) mass is 248 g/mol. The summed E-state index contributed by atoms with van der Waals surface area (Å²) in [7, 11) is 0. The summed E-state index contributed by atoms with van der Waals surface area (Å²) in [5.41, 5.74) is 3.64. The predicted octanol–water partition coefficient (Wildman–Crippen LogP) is 0.964. The second kappa shape index (κ2) is 5.15. The number of amides is 1. The summed E-state index contributed by atoms with van der Waals surface area (Å²) in [6, 6.07) is 4.49. The highest BCUT2D eigenvalue weighted by Crippen LogP contribution is 2.34. The molecule has 0 spiro atoms. The van der Waals surface area contributed by atoms with Crippen LogP contribution in [0, 0.1) is 0 Å². The fraction of sp³-hybridized carbons (Fsp3) is 0.300. The number of anilines is 1. The molecule has 1 aromatic rings. The quantitative estimate of drug-likeness (QED) is 0.745. The summed E-state index contributed by atoms with van der Waals surface area (Å²) in [5, 5.41) is 11.0. The Morgan fingerprint density at radius 2 is 2.00 bits per heavy atom. The molecule has 0 aliphatic heterocycles. The fourth-order valence-electron chi connectivity index (χ4n) is 1.16. The van der Waals surface area contributed by atoms with Crippen LogP contribution >= 0.6 is 0 Å². The minimum absolute atomic E-state index is 0.361. The summed E-state index contributed by atoms with van der Waals surface area (Å²) in [4.78, 5) is 11.2. The SMILES string of the molecule is NCC(O)C(=O)Nc1ccccc1C(F)(F)F. The first-order chi connectivity index (χ1) is 7.86. The first kappa shape index (κ1) is 13.5. The minimum atomic E-state index is -4.57. The zero-order valence-electron chi connectivity index (χ0n) is 8.66. The standard InChI is InChI=1S/C10H11F3N2O2/c11-10(12,13)6-3-1-2-4-7(6)15-9(17)8(16)5-14/h1-4,8,16H,5,14H2,(H,15,17). The Morgan fingerprint density at radius 3 is 2.53 bits per heavy atom. The summed E-state index contributed by atoms with van der Waals surface area (Å²) in [5.74, 6) is -0.968. The molecule has 17 heavy (non-hydrogen) atoms. The molecule has 1 unspecified atom stereocenters. The van der Waals surface area contributed by atoms with Gasteiger partial charge in [-0.2, -0.15) is 13.2 Å². The van der Waals surface area contributed by atoms with E-state index in [-0.39, 0.29) is 6.54 Å². The molecule has 0 aliphatic rings. The van der Waals surface area contributed by atoms with Gasteiger partial charge in [-0.15, -0.1) is 0 Å². The zero-order valence-corrected chi connectivity index (χ0v) is 8.66. The summed E-state index contributed by atoms with van der Waals surface area (Å²) in [6.07, 6.45) is -6.10. The second-order valence-corrected chi connectivity index (χ2v) is 3.28. The number of nitrogens with one attached hydrogen (secondary N) is 1. The molecule has 1 amide bonds. The van der Waals surface area contributed by atoms with Crippen molar-refractivity contribution in [1.82, 2.24) is 0 Å². The van der Waals surface area contributed by atoms with Crippen molar-refractivity contribution in [3.63, 3.8) is 0 Å². The van der Waals surface area contributed by atoms with E-state index in [1.54, 1.807) is 0 Å². The number of alkyl halides is 3. The van der Waals surface area contributed by atoms with Crippen LogP contribution in [-0.4, -0.2) is 23.7 Å². The van der Waals surface area contributed by atoms with Crippen molar-refractivity contribution in [2.45, 2.75) is 12.3 Å². The van der Waals surface area contributed by atoms with Gasteiger partial charge in [-0.3, -0.25) is 4.79 Å². The van der Waals surface area contributed by atoms with Crippen LogP contribution in [0.15, 0.2) is 24.3 Å². The fourth-order valence-corrected chi connectivity index (χ4v) is 1.16. The van der Waals surface area contributed by atoms with Crippen LogP contribution < -0.4 is 11.1 Å². The molecule has 7 heteroatoms. The van der Waals surface area contributed by atoms with Crippen molar-refractivity contribution in [1.29, 1.82) is 0 Å². The van der Waals surface area contributed by atoms with Crippen LogP contribution in [-0.2, 0) is 11.0 Å². The number of aliphatic hydroxyl groups is 1. The predicted molar refractivity (Wildman–Crippen MR) is 55.1 cm³/mol. The van der Waals surface area contributed by atoms with E-state index < -0.39 is 29.4 Å². The molecular weight excluding hydrogens is 237 g/mol. The van der Waals surface area contributed by atoms with Crippen molar-refractivity contribution in [2.24, 2.45) is 5.73 Å². The minimum Gasteiger partial charge on any atom is -0.382 e. The molecule has 94 valence electrons. The average molecular weight is 248 g/mol. The van der Waals surface area contributed by atoms with Gasteiger partial charge in [0.1, 0.15) is 6.10 Å². The van der Waals surface area contributed by atoms with Crippen molar-refractivity contribution in [3.05, 3.63) is 29.8 Å². The van der Waals surface area contributed by atoms with E-state index in [1.165, 1.54) is 12.1 Å². The van der Waals surface area contributed by atoms with E-state index in [1.807, 2.05) is 5.32 Å². The maximum atomic E-state index is 12.5. The van der Waals surface area contributed by atoms with E-state index in [0.717, 1.165) is 12.1 Å². The topological polar surface area (TPSA) is 75.3 Å². The highest BCUT2D eigenvalue weighted by atomic mass is 19.4. The highest BCUT2D eigenvalue weighted by Gasteiger charge is 2.33. The number of carbonyl (C=O) groups excluding carboxylic acids is 1. The van der Waals surface area contributed by atoms with E-state index in [4.69, 9.17) is 10.8 Å². The van der Waals surface area contributed by atoms with Crippen LogP contribution in [0.1, 0.15) is 5.56 Å². The van der Waals surface area contributed by atoms with Gasteiger partial charge in [0.05, 0.1) is 11.3 Å². The maximum absolute atomic E-state index is 12.5. The second-order valence-electron chi connectivity index (χ2n) is 3.28. The highest BCUT2D eigenvalue weighted by molar-refractivity contribution is 5.94. The van der Waals surface area contributed by atoms with Gasteiger partial charge < -0.3 is 16.2 Å². The number of aliphatic hydroxyl groups excluding tert-OH is 1. The van der Waals surface area contributed by atoms with Crippen LogP contribution in [0.3, 0.4) is 0 Å². The maximum Gasteiger partial charge on any atom is 0.418 e. The third-order valence-electron chi connectivity index (χ3n) is 2.02. The Kier molecular flexibility index (Phi) is 4.08. The van der Waals surface area contributed by atoms with Gasteiger partial charge >= 0.3 is 6.18 Å². The Balaban J connectivity index is 2.96. The molecule has 4 N–H and O–H groups in total. The summed E-state index contributed by atoms with van der Waals surface area (Å²) >= 11 is 0. The van der Waals surface area contributed by atoms with E-state index in [0.29, 0.717) is 0 Å². The number of carbonyl (C=O) groups is 1. The Hall–Kier alpha value is -1.60. The normalized spacial score (nSPS) is 13.2. The van der Waals surface area contributed by atoms with Gasteiger partial charge in [0, 0.05) is 6.54 Å². The van der Waals surface area contributed by atoms with Gasteiger partial charge in [-0.1, -0.05) is 12.1 Å². The van der Waals surface area contributed by atoms with Gasteiger partial charge in [0.2, 0.25) is 0 Å².